The number of nitrogens with zero attached hydrogens (tertiary/aromatic N) is 1. The van der Waals surface area contributed by atoms with Gasteiger partial charge in [0.05, 0.1) is 24.0 Å². The fourth-order valence-corrected chi connectivity index (χ4v) is 6.54. The van der Waals surface area contributed by atoms with Crippen molar-refractivity contribution in [2.24, 2.45) is 11.8 Å². The first-order valence-electron chi connectivity index (χ1n) is 13.3. The molecule has 1 fully saturated rings. The summed E-state index contributed by atoms with van der Waals surface area (Å²) in [5.41, 5.74) is 3.49. The number of carboxylic acids is 1. The Morgan fingerprint density at radius 1 is 1.28 bits per heavy atom. The van der Waals surface area contributed by atoms with Crippen LogP contribution in [0.5, 0.6) is 5.75 Å². The Labute approximate surface area is 218 Å². The van der Waals surface area contributed by atoms with E-state index < -0.39 is 12.1 Å². The summed E-state index contributed by atoms with van der Waals surface area (Å²) in [6.07, 6.45) is 10.8. The molecule has 0 saturated heterocycles. The zero-order valence-corrected chi connectivity index (χ0v) is 21.7. The summed E-state index contributed by atoms with van der Waals surface area (Å²) in [7, 11) is 0. The third-order valence-electron chi connectivity index (χ3n) is 8.44. The molecule has 0 aromatic heterocycles. The van der Waals surface area contributed by atoms with Gasteiger partial charge < -0.3 is 19.8 Å². The van der Waals surface area contributed by atoms with E-state index in [1.807, 2.05) is 12.1 Å². The molecule has 2 aliphatic carbocycles. The molecule has 192 valence electrons. The molecule has 6 heteroatoms. The summed E-state index contributed by atoms with van der Waals surface area (Å²) < 4.78 is 6.44. The molecule has 0 radical (unpaired) electrons. The molecule has 0 unspecified atom stereocenters. The monoisotopic (exact) mass is 509 g/mol. The van der Waals surface area contributed by atoms with E-state index in [1.54, 1.807) is 18.2 Å². The molecule has 0 amide bonds. The van der Waals surface area contributed by atoms with Gasteiger partial charge in [0, 0.05) is 23.5 Å². The average molecular weight is 510 g/mol. The molecule has 2 aromatic carbocycles. The molecule has 36 heavy (non-hydrogen) atoms. The number of carboxylic acid groups (broad SMARTS) is 1. The van der Waals surface area contributed by atoms with Gasteiger partial charge in [-0.15, -0.1) is 0 Å². The van der Waals surface area contributed by atoms with Gasteiger partial charge in [0.15, 0.2) is 0 Å². The summed E-state index contributed by atoms with van der Waals surface area (Å²) in [6, 6.07) is 11.4. The minimum absolute atomic E-state index is 0.195. The van der Waals surface area contributed by atoms with Crippen LogP contribution >= 0.6 is 11.6 Å². The van der Waals surface area contributed by atoms with E-state index in [0.29, 0.717) is 12.5 Å². The highest BCUT2D eigenvalue weighted by Gasteiger charge is 2.44. The van der Waals surface area contributed by atoms with Gasteiger partial charge in [0.25, 0.3) is 0 Å². The number of hydrogen-bond acceptors (Lipinski definition) is 4. The molecule has 3 aliphatic rings. The Kier molecular flexibility index (Phi) is 7.32. The van der Waals surface area contributed by atoms with Crippen molar-refractivity contribution < 1.29 is 19.7 Å². The maximum absolute atomic E-state index is 11.8. The summed E-state index contributed by atoms with van der Waals surface area (Å²) in [5, 5.41) is 21.3. The molecular weight excluding hydrogens is 474 g/mol. The number of rotatable bonds is 7. The second-order valence-corrected chi connectivity index (χ2v) is 11.2. The fourth-order valence-electron chi connectivity index (χ4n) is 6.35. The Bertz CT molecular complexity index is 1150. The number of unbranched alkanes of at least 4 members (excludes halogenated alkanes) is 1. The van der Waals surface area contributed by atoms with Crippen LogP contribution in [-0.4, -0.2) is 42.0 Å². The molecule has 1 saturated carbocycles. The number of carbonyl (C=O) groups is 1. The zero-order chi connectivity index (χ0) is 25.3. The molecular formula is C30H36ClNO4. The van der Waals surface area contributed by atoms with E-state index in [2.05, 4.69) is 30.0 Å². The molecule has 5 nitrogen and oxygen atoms in total. The van der Waals surface area contributed by atoms with Crippen LogP contribution in [-0.2, 0) is 11.8 Å². The largest absolute Gasteiger partial charge is 0.490 e. The predicted molar refractivity (Wildman–Crippen MR) is 143 cm³/mol. The lowest BCUT2D eigenvalue weighted by atomic mass is 9.68. The van der Waals surface area contributed by atoms with Gasteiger partial charge in [0.1, 0.15) is 5.75 Å². The van der Waals surface area contributed by atoms with E-state index in [0.717, 1.165) is 74.5 Å². The number of aliphatic hydroxyl groups is 1. The Hall–Kier alpha value is -2.50. The van der Waals surface area contributed by atoms with E-state index in [9.17, 15) is 15.0 Å². The third-order valence-corrected chi connectivity index (χ3v) is 8.68. The molecule has 1 spiro atoms. The van der Waals surface area contributed by atoms with Crippen molar-refractivity contribution in [1.82, 2.24) is 0 Å². The van der Waals surface area contributed by atoms with Crippen LogP contribution in [0.25, 0.3) is 0 Å². The number of allylic oxidation sites excluding steroid dienone is 1. The van der Waals surface area contributed by atoms with Crippen molar-refractivity contribution in [3.63, 3.8) is 0 Å². The number of benzene rings is 2. The first-order valence-corrected chi connectivity index (χ1v) is 13.7. The number of halogens is 1. The summed E-state index contributed by atoms with van der Waals surface area (Å²) >= 11 is 6.34. The van der Waals surface area contributed by atoms with Gasteiger partial charge in [-0.3, -0.25) is 0 Å². The molecule has 0 bridgehead atoms. The van der Waals surface area contributed by atoms with E-state index in [4.69, 9.17) is 16.3 Å². The lowest BCUT2D eigenvalue weighted by molar-refractivity contribution is 0.0456. The second-order valence-electron chi connectivity index (χ2n) is 10.8. The topological polar surface area (TPSA) is 70.0 Å². The minimum atomic E-state index is -0.938. The van der Waals surface area contributed by atoms with Crippen LogP contribution in [0.4, 0.5) is 5.69 Å². The molecule has 4 atom stereocenters. The maximum atomic E-state index is 11.8. The summed E-state index contributed by atoms with van der Waals surface area (Å²) in [4.78, 5) is 14.2. The highest BCUT2D eigenvalue weighted by molar-refractivity contribution is 6.30. The number of anilines is 1. The van der Waals surface area contributed by atoms with Crippen LogP contribution in [0.15, 0.2) is 48.6 Å². The van der Waals surface area contributed by atoms with Gasteiger partial charge in [-0.05, 0) is 91.8 Å². The predicted octanol–water partition coefficient (Wildman–Crippen LogP) is 6.25. The first-order chi connectivity index (χ1) is 17.4. The van der Waals surface area contributed by atoms with Crippen LogP contribution in [0, 0.1) is 11.8 Å². The van der Waals surface area contributed by atoms with Gasteiger partial charge in [-0.1, -0.05) is 43.2 Å². The number of aliphatic hydroxyl groups excluding tert-OH is 1. The molecule has 1 heterocycles. The van der Waals surface area contributed by atoms with Crippen molar-refractivity contribution in [1.29, 1.82) is 0 Å². The SMILES string of the molecule is CCC/C=C/[C@H](O)[C@H]1CC[C@H]1CN1C[C@@]2(CCCc3cc(Cl)ccc32)COc2ccc(C(=O)O)cc21. The lowest BCUT2D eigenvalue weighted by Crippen LogP contribution is -2.49. The second kappa shape index (κ2) is 10.5. The first kappa shape index (κ1) is 25.2. The Balaban J connectivity index is 1.48. The van der Waals surface area contributed by atoms with E-state index >= 15 is 0 Å². The van der Waals surface area contributed by atoms with Crippen molar-refractivity contribution in [3.8, 4) is 5.75 Å². The number of aromatic carboxylic acids is 1. The maximum Gasteiger partial charge on any atom is 0.335 e. The normalized spacial score (nSPS) is 26.0. The molecule has 5 rings (SSSR count). The summed E-state index contributed by atoms with van der Waals surface area (Å²) in [6.45, 7) is 4.21. The van der Waals surface area contributed by atoms with E-state index in [1.165, 1.54) is 11.1 Å². The van der Waals surface area contributed by atoms with Crippen molar-refractivity contribution in [3.05, 3.63) is 70.3 Å². The summed E-state index contributed by atoms with van der Waals surface area (Å²) in [5.74, 6) is 0.363. The standard InChI is InChI=1S/C30H36ClNO4/c1-2-3-4-7-27(33)24-11-8-22(24)17-32-18-30(14-5-6-20-15-23(31)10-12-25(20)30)19-36-28-13-9-21(29(34)35)16-26(28)32/h4,7,9-10,12-13,15-16,22,24,27,33H,2-3,5-6,8,11,14,17-19H2,1H3,(H,34,35)/b7-4+/t22-,24-,27-,30-/m0/s1. The van der Waals surface area contributed by atoms with Crippen LogP contribution in [0.3, 0.4) is 0 Å². The Morgan fingerprint density at radius 3 is 2.89 bits per heavy atom. The highest BCUT2D eigenvalue weighted by Crippen LogP contribution is 2.46. The van der Waals surface area contributed by atoms with E-state index in [-0.39, 0.29) is 16.9 Å². The quantitative estimate of drug-likeness (QED) is 0.431. The van der Waals surface area contributed by atoms with Gasteiger partial charge >= 0.3 is 5.97 Å². The smallest absolute Gasteiger partial charge is 0.335 e. The highest BCUT2D eigenvalue weighted by atomic mass is 35.5. The van der Waals surface area contributed by atoms with Crippen LogP contribution in [0.2, 0.25) is 5.02 Å². The molecule has 2 aromatic rings. The van der Waals surface area contributed by atoms with Crippen LogP contribution < -0.4 is 9.64 Å². The lowest BCUT2D eigenvalue weighted by Gasteiger charge is -2.45. The minimum Gasteiger partial charge on any atom is -0.490 e. The van der Waals surface area contributed by atoms with Crippen molar-refractivity contribution >= 4 is 23.3 Å². The van der Waals surface area contributed by atoms with Crippen molar-refractivity contribution in [2.45, 2.75) is 63.4 Å². The third kappa shape index (κ3) is 4.88. The Morgan fingerprint density at radius 2 is 2.14 bits per heavy atom. The van der Waals surface area contributed by atoms with Gasteiger partial charge in [-0.25, -0.2) is 4.79 Å². The van der Waals surface area contributed by atoms with Crippen molar-refractivity contribution in [2.75, 3.05) is 24.6 Å². The molecule has 2 N–H and O–H groups in total. The number of ether oxygens (including phenoxy) is 1. The average Bonchev–Trinajstić information content (AvgIpc) is 2.99. The number of hydrogen-bond donors (Lipinski definition) is 2. The van der Waals surface area contributed by atoms with Crippen LogP contribution in [0.1, 0.15) is 66.9 Å². The van der Waals surface area contributed by atoms with Gasteiger partial charge in [-0.2, -0.15) is 0 Å². The number of aryl methyl sites for hydroxylation is 1. The molecule has 1 aliphatic heterocycles. The van der Waals surface area contributed by atoms with Gasteiger partial charge in [0.2, 0.25) is 0 Å². The zero-order valence-electron chi connectivity index (χ0n) is 21.0. The number of fused-ring (bicyclic) bond motifs is 3. The fraction of sp³-hybridized carbons (Fsp3) is 0.500.